The smallest absolute Gasteiger partial charge is 0.262 e. The van der Waals surface area contributed by atoms with Crippen LogP contribution in [0, 0.1) is 0 Å². The number of thiophene rings is 1. The lowest BCUT2D eigenvalue weighted by molar-refractivity contribution is 0.433. The van der Waals surface area contributed by atoms with E-state index in [0.29, 0.717) is 22.5 Å². The third kappa shape index (κ3) is 3.18. The number of hydrogen-bond donors (Lipinski definition) is 0. The van der Waals surface area contributed by atoms with Gasteiger partial charge >= 0.3 is 0 Å². The highest BCUT2D eigenvalue weighted by Crippen LogP contribution is 2.31. The average Bonchev–Trinajstić information content (AvgIpc) is 3.11. The van der Waals surface area contributed by atoms with Crippen LogP contribution < -0.4 is 5.56 Å². The van der Waals surface area contributed by atoms with E-state index in [9.17, 15) is 9.18 Å². The molecule has 0 unspecified atom stereocenters. The van der Waals surface area contributed by atoms with Crippen LogP contribution in [0.15, 0.2) is 71.5 Å². The van der Waals surface area contributed by atoms with Crippen LogP contribution in [0.4, 0.5) is 4.39 Å². The van der Waals surface area contributed by atoms with E-state index in [4.69, 9.17) is 4.98 Å². The summed E-state index contributed by atoms with van der Waals surface area (Å²) in [6.07, 6.45) is 0.505. The molecule has 3 nitrogen and oxygen atoms in total. The molecule has 5 heteroatoms. The number of rotatable bonds is 5. The molecule has 0 spiro atoms. The van der Waals surface area contributed by atoms with Gasteiger partial charge in [-0.3, -0.25) is 9.36 Å². The Morgan fingerprint density at radius 1 is 1.00 bits per heavy atom. The van der Waals surface area contributed by atoms with Gasteiger partial charge in [-0.25, -0.2) is 9.37 Å². The quantitative estimate of drug-likeness (QED) is 0.515. The Bertz CT molecular complexity index is 1090. The molecule has 0 aliphatic rings. The first kappa shape index (κ1) is 16.7. The molecule has 0 amide bonds. The number of alkyl halides is 1. The largest absolute Gasteiger partial charge is 0.293 e. The van der Waals surface area contributed by atoms with Gasteiger partial charge in [-0.15, -0.1) is 11.3 Å². The van der Waals surface area contributed by atoms with Crippen molar-refractivity contribution in [2.75, 3.05) is 6.67 Å². The molecule has 0 saturated heterocycles. The lowest BCUT2D eigenvalue weighted by atomic mass is 10.1. The first-order chi connectivity index (χ1) is 12.8. The minimum atomic E-state index is -0.593. The normalized spacial score (nSPS) is 11.1. The molecule has 0 radical (unpaired) electrons. The third-order valence-corrected chi connectivity index (χ3v) is 5.38. The Morgan fingerprint density at radius 3 is 2.38 bits per heavy atom. The van der Waals surface area contributed by atoms with Gasteiger partial charge in [-0.1, -0.05) is 60.7 Å². The molecule has 0 fully saturated rings. The van der Waals surface area contributed by atoms with Gasteiger partial charge in [-0.05, 0) is 17.2 Å². The number of aromatic nitrogens is 2. The lowest BCUT2D eigenvalue weighted by Crippen LogP contribution is -2.26. The molecule has 26 heavy (non-hydrogen) atoms. The Morgan fingerprint density at radius 2 is 1.69 bits per heavy atom. The summed E-state index contributed by atoms with van der Waals surface area (Å²) in [6.45, 7) is -0.564. The Hall–Kier alpha value is -2.79. The topological polar surface area (TPSA) is 34.9 Å². The summed E-state index contributed by atoms with van der Waals surface area (Å²) in [7, 11) is 0. The minimum Gasteiger partial charge on any atom is -0.293 e. The summed E-state index contributed by atoms with van der Waals surface area (Å²) in [4.78, 5) is 19.3. The second-order valence-corrected chi connectivity index (χ2v) is 7.06. The van der Waals surface area contributed by atoms with Crippen molar-refractivity contribution in [3.8, 4) is 10.4 Å². The summed E-state index contributed by atoms with van der Waals surface area (Å²) in [5.41, 5.74) is 1.93. The van der Waals surface area contributed by atoms with Gasteiger partial charge in [0.1, 0.15) is 17.3 Å². The van der Waals surface area contributed by atoms with Crippen molar-refractivity contribution in [3.05, 3.63) is 88.5 Å². The maximum absolute atomic E-state index is 13.1. The van der Waals surface area contributed by atoms with E-state index in [-0.39, 0.29) is 12.1 Å². The Labute approximate surface area is 154 Å². The SMILES string of the molecule is O=c1c2cc(-c3ccccc3)sc2nc(Cc2ccccc2)n1CCF. The van der Waals surface area contributed by atoms with E-state index in [1.54, 1.807) is 0 Å². The zero-order chi connectivity index (χ0) is 17.9. The molecule has 4 rings (SSSR count). The standard InChI is InChI=1S/C21H17FN2OS/c22-11-12-24-19(13-15-7-3-1-4-8-15)23-20-17(21(24)25)14-18(26-20)16-9-5-2-6-10-16/h1-10,14H,11-13H2. The van der Waals surface area contributed by atoms with Gasteiger partial charge in [0.2, 0.25) is 0 Å². The van der Waals surface area contributed by atoms with Crippen LogP contribution in [-0.2, 0) is 13.0 Å². The highest BCUT2D eigenvalue weighted by molar-refractivity contribution is 7.21. The average molecular weight is 364 g/mol. The number of nitrogens with zero attached hydrogens (tertiary/aromatic N) is 2. The molecule has 0 aliphatic heterocycles. The van der Waals surface area contributed by atoms with Crippen molar-refractivity contribution in [3.63, 3.8) is 0 Å². The molecular weight excluding hydrogens is 347 g/mol. The summed E-state index contributed by atoms with van der Waals surface area (Å²) in [6, 6.07) is 21.6. The van der Waals surface area contributed by atoms with E-state index < -0.39 is 6.67 Å². The first-order valence-electron chi connectivity index (χ1n) is 8.45. The van der Waals surface area contributed by atoms with E-state index in [1.165, 1.54) is 15.9 Å². The van der Waals surface area contributed by atoms with Crippen molar-refractivity contribution < 1.29 is 4.39 Å². The molecule has 130 valence electrons. The van der Waals surface area contributed by atoms with Gasteiger partial charge in [0, 0.05) is 11.3 Å². The molecule has 2 heterocycles. The third-order valence-electron chi connectivity index (χ3n) is 4.30. The number of hydrogen-bond acceptors (Lipinski definition) is 3. The fraction of sp³-hybridized carbons (Fsp3) is 0.143. The van der Waals surface area contributed by atoms with Gasteiger partial charge < -0.3 is 0 Å². The minimum absolute atomic E-state index is 0.0282. The predicted octanol–water partition coefficient (Wildman–Crippen LogP) is 4.69. The molecule has 0 atom stereocenters. The monoisotopic (exact) mass is 364 g/mol. The highest BCUT2D eigenvalue weighted by Gasteiger charge is 2.15. The van der Waals surface area contributed by atoms with Crippen LogP contribution in [0.25, 0.3) is 20.7 Å². The first-order valence-corrected chi connectivity index (χ1v) is 9.26. The molecule has 4 aromatic rings. The zero-order valence-corrected chi connectivity index (χ0v) is 14.9. The van der Waals surface area contributed by atoms with Gasteiger partial charge in [0.05, 0.1) is 11.9 Å². The van der Waals surface area contributed by atoms with E-state index in [2.05, 4.69) is 0 Å². The van der Waals surface area contributed by atoms with Crippen molar-refractivity contribution in [2.24, 2.45) is 0 Å². The molecule has 0 aliphatic carbocycles. The highest BCUT2D eigenvalue weighted by atomic mass is 32.1. The molecule has 2 aromatic heterocycles. The van der Waals surface area contributed by atoms with Crippen LogP contribution in [0.2, 0.25) is 0 Å². The fourth-order valence-corrected chi connectivity index (χ4v) is 4.08. The predicted molar refractivity (Wildman–Crippen MR) is 105 cm³/mol. The molecule has 0 saturated carbocycles. The molecule has 0 N–H and O–H groups in total. The fourth-order valence-electron chi connectivity index (χ4n) is 3.03. The van der Waals surface area contributed by atoms with Crippen LogP contribution in [0.5, 0.6) is 0 Å². The van der Waals surface area contributed by atoms with Gasteiger partial charge in [0.15, 0.2) is 0 Å². The van der Waals surface area contributed by atoms with Crippen molar-refractivity contribution in [2.45, 2.75) is 13.0 Å². The zero-order valence-electron chi connectivity index (χ0n) is 14.1. The van der Waals surface area contributed by atoms with Crippen LogP contribution >= 0.6 is 11.3 Å². The lowest BCUT2D eigenvalue weighted by Gasteiger charge is -2.10. The summed E-state index contributed by atoms with van der Waals surface area (Å²) in [5.74, 6) is 0.604. The summed E-state index contributed by atoms with van der Waals surface area (Å²) < 4.78 is 14.5. The number of benzene rings is 2. The summed E-state index contributed by atoms with van der Waals surface area (Å²) in [5, 5.41) is 0.555. The van der Waals surface area contributed by atoms with E-state index in [0.717, 1.165) is 16.0 Å². The summed E-state index contributed by atoms with van der Waals surface area (Å²) >= 11 is 1.50. The molecule has 0 bridgehead atoms. The second-order valence-electron chi connectivity index (χ2n) is 6.03. The van der Waals surface area contributed by atoms with Gasteiger partial charge in [-0.2, -0.15) is 0 Å². The number of fused-ring (bicyclic) bond motifs is 1. The maximum Gasteiger partial charge on any atom is 0.262 e. The van der Waals surface area contributed by atoms with E-state index >= 15 is 0 Å². The van der Waals surface area contributed by atoms with Crippen LogP contribution in [0.1, 0.15) is 11.4 Å². The maximum atomic E-state index is 13.1. The van der Waals surface area contributed by atoms with Gasteiger partial charge in [0.25, 0.3) is 5.56 Å². The van der Waals surface area contributed by atoms with Crippen molar-refractivity contribution in [1.82, 2.24) is 9.55 Å². The second kappa shape index (κ2) is 7.22. The van der Waals surface area contributed by atoms with Crippen molar-refractivity contribution >= 4 is 21.6 Å². The van der Waals surface area contributed by atoms with Crippen molar-refractivity contribution in [1.29, 1.82) is 0 Å². The molecule has 2 aromatic carbocycles. The Balaban J connectivity index is 1.86. The van der Waals surface area contributed by atoms with Crippen LogP contribution in [0.3, 0.4) is 0 Å². The Kier molecular flexibility index (Phi) is 4.63. The number of halogens is 1. The van der Waals surface area contributed by atoms with E-state index in [1.807, 2.05) is 66.7 Å². The van der Waals surface area contributed by atoms with Crippen LogP contribution in [-0.4, -0.2) is 16.2 Å². The molecular formula is C21H17FN2OS.